The number of aromatic nitrogens is 1. The summed E-state index contributed by atoms with van der Waals surface area (Å²) >= 11 is 0. The van der Waals surface area contributed by atoms with Crippen LogP contribution in [0.4, 0.5) is 5.69 Å². The number of rotatable bonds is 6. The van der Waals surface area contributed by atoms with Gasteiger partial charge in [-0.1, -0.05) is 42.0 Å². The molecule has 0 aliphatic rings. The molecule has 1 heterocycles. The van der Waals surface area contributed by atoms with Crippen molar-refractivity contribution in [3.63, 3.8) is 0 Å². The van der Waals surface area contributed by atoms with Gasteiger partial charge in [0, 0.05) is 18.2 Å². The van der Waals surface area contributed by atoms with E-state index in [0.717, 1.165) is 27.8 Å². The lowest BCUT2D eigenvalue weighted by molar-refractivity contribution is -0.120. The van der Waals surface area contributed by atoms with E-state index in [9.17, 15) is 9.59 Å². The molecular weight excluding hydrogens is 390 g/mol. The fourth-order valence-corrected chi connectivity index (χ4v) is 3.39. The van der Waals surface area contributed by atoms with Gasteiger partial charge >= 0.3 is 0 Å². The van der Waals surface area contributed by atoms with Crippen molar-refractivity contribution < 1.29 is 14.0 Å². The molecule has 6 nitrogen and oxygen atoms in total. The van der Waals surface area contributed by atoms with Gasteiger partial charge in [0.2, 0.25) is 17.7 Å². The summed E-state index contributed by atoms with van der Waals surface area (Å²) in [7, 11) is 0. The van der Waals surface area contributed by atoms with Gasteiger partial charge in [-0.05, 0) is 48.9 Å². The molecule has 0 radical (unpaired) electrons. The first-order chi connectivity index (χ1) is 15.0. The summed E-state index contributed by atoms with van der Waals surface area (Å²) in [5.74, 6) is 0.166. The molecule has 4 aromatic rings. The topological polar surface area (TPSA) is 84.2 Å². The summed E-state index contributed by atoms with van der Waals surface area (Å²) in [5.41, 5.74) is 5.03. The maximum atomic E-state index is 12.6. The molecule has 3 aromatic carbocycles. The van der Waals surface area contributed by atoms with E-state index in [2.05, 4.69) is 15.6 Å². The molecule has 0 unspecified atom stereocenters. The van der Waals surface area contributed by atoms with Crippen LogP contribution in [0.2, 0.25) is 0 Å². The third-order valence-electron chi connectivity index (χ3n) is 4.96. The zero-order valence-corrected chi connectivity index (χ0v) is 17.4. The Balaban J connectivity index is 1.44. The Hall–Kier alpha value is -3.93. The highest BCUT2D eigenvalue weighted by molar-refractivity contribution is 5.92. The Morgan fingerprint density at radius 3 is 2.35 bits per heavy atom. The predicted octanol–water partition coefficient (Wildman–Crippen LogP) is 5.01. The van der Waals surface area contributed by atoms with Crippen molar-refractivity contribution in [2.24, 2.45) is 0 Å². The van der Waals surface area contributed by atoms with E-state index in [1.165, 1.54) is 6.92 Å². The summed E-state index contributed by atoms with van der Waals surface area (Å²) in [4.78, 5) is 28.7. The summed E-state index contributed by atoms with van der Waals surface area (Å²) < 4.78 is 5.78. The second-order valence-corrected chi connectivity index (χ2v) is 7.48. The molecule has 0 saturated heterocycles. The van der Waals surface area contributed by atoms with Gasteiger partial charge in [-0.2, -0.15) is 0 Å². The van der Waals surface area contributed by atoms with Gasteiger partial charge in [-0.3, -0.25) is 9.59 Å². The highest BCUT2D eigenvalue weighted by Crippen LogP contribution is 2.25. The van der Waals surface area contributed by atoms with Crippen molar-refractivity contribution in [3.8, 4) is 11.5 Å². The minimum Gasteiger partial charge on any atom is -0.436 e. The maximum Gasteiger partial charge on any atom is 0.227 e. The molecule has 156 valence electrons. The molecule has 31 heavy (non-hydrogen) atoms. The van der Waals surface area contributed by atoms with Crippen LogP contribution in [0.3, 0.4) is 0 Å². The minimum absolute atomic E-state index is 0.134. The van der Waals surface area contributed by atoms with Crippen LogP contribution in [-0.2, 0) is 9.59 Å². The number of oxazole rings is 1. The Labute approximate surface area is 180 Å². The average molecular weight is 413 g/mol. The number of nitrogens with one attached hydrogen (secondary N) is 2. The lowest BCUT2D eigenvalue weighted by atomic mass is 10.0. The largest absolute Gasteiger partial charge is 0.436 e. The van der Waals surface area contributed by atoms with E-state index >= 15 is 0 Å². The molecule has 6 heteroatoms. The molecule has 0 fully saturated rings. The van der Waals surface area contributed by atoms with E-state index in [1.807, 2.05) is 67.6 Å². The van der Waals surface area contributed by atoms with Crippen molar-refractivity contribution in [1.29, 1.82) is 0 Å². The molecular formula is C25H23N3O3. The van der Waals surface area contributed by atoms with E-state index < -0.39 is 6.04 Å². The van der Waals surface area contributed by atoms with Crippen molar-refractivity contribution in [2.45, 2.75) is 26.3 Å². The number of fused-ring (bicyclic) bond motifs is 1. The quantitative estimate of drug-likeness (QED) is 0.465. The normalized spacial score (nSPS) is 11.8. The number of hydrogen-bond acceptors (Lipinski definition) is 4. The van der Waals surface area contributed by atoms with E-state index in [0.29, 0.717) is 11.6 Å². The fraction of sp³-hybridized carbons (Fsp3) is 0.160. The van der Waals surface area contributed by atoms with Gasteiger partial charge in [0.15, 0.2) is 5.58 Å². The zero-order valence-electron chi connectivity index (χ0n) is 17.4. The Morgan fingerprint density at radius 2 is 1.68 bits per heavy atom. The van der Waals surface area contributed by atoms with Gasteiger partial charge in [0.25, 0.3) is 0 Å². The Kier molecular flexibility index (Phi) is 5.80. The molecule has 2 amide bonds. The third kappa shape index (κ3) is 4.98. The van der Waals surface area contributed by atoms with Crippen LogP contribution in [0.5, 0.6) is 0 Å². The monoisotopic (exact) mass is 413 g/mol. The molecule has 0 aliphatic heterocycles. The van der Waals surface area contributed by atoms with Gasteiger partial charge < -0.3 is 15.1 Å². The van der Waals surface area contributed by atoms with Gasteiger partial charge in [-0.25, -0.2) is 4.98 Å². The highest BCUT2D eigenvalue weighted by atomic mass is 16.3. The first-order valence-electron chi connectivity index (χ1n) is 10.1. The molecule has 1 atom stereocenters. The number of carbonyl (C=O) groups excluding carboxylic acids is 2. The number of para-hydroxylation sites is 2. The van der Waals surface area contributed by atoms with Crippen LogP contribution < -0.4 is 10.6 Å². The number of nitrogens with zero attached hydrogens (tertiary/aromatic N) is 1. The summed E-state index contributed by atoms with van der Waals surface area (Å²) in [6.07, 6.45) is 0.134. The van der Waals surface area contributed by atoms with Crippen LogP contribution in [-0.4, -0.2) is 16.8 Å². The summed E-state index contributed by atoms with van der Waals surface area (Å²) in [6, 6.07) is 22.3. The van der Waals surface area contributed by atoms with E-state index in [1.54, 1.807) is 12.1 Å². The van der Waals surface area contributed by atoms with Crippen LogP contribution >= 0.6 is 0 Å². The number of aryl methyl sites for hydroxylation is 1. The smallest absolute Gasteiger partial charge is 0.227 e. The van der Waals surface area contributed by atoms with Gasteiger partial charge in [0.1, 0.15) is 5.52 Å². The van der Waals surface area contributed by atoms with Gasteiger partial charge in [-0.15, -0.1) is 0 Å². The summed E-state index contributed by atoms with van der Waals surface area (Å²) in [5, 5.41) is 5.75. The first kappa shape index (κ1) is 20.3. The molecule has 1 aromatic heterocycles. The second-order valence-electron chi connectivity index (χ2n) is 7.48. The highest BCUT2D eigenvalue weighted by Gasteiger charge is 2.17. The van der Waals surface area contributed by atoms with Crippen molar-refractivity contribution in [3.05, 3.63) is 83.9 Å². The van der Waals surface area contributed by atoms with E-state index in [-0.39, 0.29) is 18.2 Å². The first-order valence-corrected chi connectivity index (χ1v) is 10.1. The fourth-order valence-electron chi connectivity index (χ4n) is 3.39. The molecule has 4 rings (SSSR count). The second kappa shape index (κ2) is 8.83. The molecule has 0 saturated carbocycles. The van der Waals surface area contributed by atoms with Crippen LogP contribution in [0, 0.1) is 6.92 Å². The lowest BCUT2D eigenvalue weighted by Crippen LogP contribution is -2.29. The van der Waals surface area contributed by atoms with Crippen LogP contribution in [0.15, 0.2) is 77.2 Å². The van der Waals surface area contributed by atoms with Crippen LogP contribution in [0.25, 0.3) is 22.6 Å². The van der Waals surface area contributed by atoms with Crippen LogP contribution in [0.1, 0.15) is 30.5 Å². The number of hydrogen-bond donors (Lipinski definition) is 2. The Bertz CT molecular complexity index is 1180. The number of benzene rings is 3. The van der Waals surface area contributed by atoms with Crippen molar-refractivity contribution >= 4 is 28.6 Å². The maximum absolute atomic E-state index is 12.6. The molecule has 0 spiro atoms. The van der Waals surface area contributed by atoms with E-state index in [4.69, 9.17) is 4.42 Å². The molecule has 2 N–H and O–H groups in total. The number of anilines is 1. The average Bonchev–Trinajstić information content (AvgIpc) is 3.18. The number of carbonyl (C=O) groups is 2. The molecule has 0 bridgehead atoms. The minimum atomic E-state index is -0.392. The molecule has 0 aliphatic carbocycles. The standard InChI is InChI=1S/C25H23N3O3/c1-16-7-9-18(10-8-16)22(26-17(2)29)15-24(30)27-20-13-11-19(12-14-20)25-28-21-5-3-4-6-23(21)31-25/h3-14,22H,15H2,1-2H3,(H,26,29)(H,27,30)/t22-/m1/s1. The number of amides is 2. The van der Waals surface area contributed by atoms with Crippen molar-refractivity contribution in [1.82, 2.24) is 10.3 Å². The Morgan fingerprint density at radius 1 is 0.968 bits per heavy atom. The predicted molar refractivity (Wildman–Crippen MR) is 120 cm³/mol. The lowest BCUT2D eigenvalue weighted by Gasteiger charge is -2.18. The third-order valence-corrected chi connectivity index (χ3v) is 4.96. The summed E-state index contributed by atoms with van der Waals surface area (Å²) in [6.45, 7) is 3.44. The van der Waals surface area contributed by atoms with Crippen molar-refractivity contribution in [2.75, 3.05) is 5.32 Å². The van der Waals surface area contributed by atoms with Gasteiger partial charge in [0.05, 0.1) is 12.5 Å². The zero-order chi connectivity index (χ0) is 21.8. The SMILES string of the molecule is CC(=O)N[C@H](CC(=O)Nc1ccc(-c2nc3ccccc3o2)cc1)c1ccc(C)cc1.